The standard InChI is InChI=1S/C17H27ClN2O/c1-3-4-10-20(13-15-6-5-9-19-15)12-14-7-8-17(21-2)16(18)11-14/h7-8,11,15,19H,3-6,9-10,12-13H2,1-2H3. The van der Waals surface area contributed by atoms with E-state index in [0.29, 0.717) is 11.1 Å². The van der Waals surface area contributed by atoms with E-state index in [0.717, 1.165) is 25.4 Å². The predicted molar refractivity (Wildman–Crippen MR) is 89.2 cm³/mol. The molecule has 1 aromatic rings. The van der Waals surface area contributed by atoms with Gasteiger partial charge in [0, 0.05) is 19.1 Å². The molecule has 1 aromatic carbocycles. The molecule has 118 valence electrons. The number of hydrogen-bond donors (Lipinski definition) is 1. The van der Waals surface area contributed by atoms with Crippen molar-refractivity contribution in [1.29, 1.82) is 0 Å². The van der Waals surface area contributed by atoms with Crippen LogP contribution in [0.5, 0.6) is 5.75 Å². The molecule has 0 bridgehead atoms. The fourth-order valence-electron chi connectivity index (χ4n) is 2.91. The zero-order chi connectivity index (χ0) is 15.1. The second kappa shape index (κ2) is 8.62. The predicted octanol–water partition coefficient (Wildman–Crippen LogP) is 3.70. The lowest BCUT2D eigenvalue weighted by Crippen LogP contribution is -2.37. The number of nitrogens with one attached hydrogen (secondary N) is 1. The van der Waals surface area contributed by atoms with Gasteiger partial charge >= 0.3 is 0 Å². The number of unbranched alkanes of at least 4 members (excludes halogenated alkanes) is 1. The molecule has 1 atom stereocenters. The quantitative estimate of drug-likeness (QED) is 0.792. The van der Waals surface area contributed by atoms with Gasteiger partial charge in [0.1, 0.15) is 5.75 Å². The largest absolute Gasteiger partial charge is 0.495 e. The van der Waals surface area contributed by atoms with Gasteiger partial charge in [0.15, 0.2) is 0 Å². The highest BCUT2D eigenvalue weighted by molar-refractivity contribution is 6.32. The number of hydrogen-bond acceptors (Lipinski definition) is 3. The molecule has 3 nitrogen and oxygen atoms in total. The van der Waals surface area contributed by atoms with Crippen molar-refractivity contribution < 1.29 is 4.74 Å². The summed E-state index contributed by atoms with van der Waals surface area (Å²) in [4.78, 5) is 2.55. The lowest BCUT2D eigenvalue weighted by atomic mass is 10.1. The fourth-order valence-corrected chi connectivity index (χ4v) is 3.19. The van der Waals surface area contributed by atoms with Gasteiger partial charge in [-0.15, -0.1) is 0 Å². The number of benzene rings is 1. The summed E-state index contributed by atoms with van der Waals surface area (Å²) in [6, 6.07) is 6.76. The van der Waals surface area contributed by atoms with E-state index in [4.69, 9.17) is 16.3 Å². The van der Waals surface area contributed by atoms with Crippen molar-refractivity contribution in [2.24, 2.45) is 0 Å². The second-order valence-electron chi connectivity index (χ2n) is 5.85. The molecular weight excluding hydrogens is 284 g/mol. The van der Waals surface area contributed by atoms with Crippen molar-refractivity contribution in [1.82, 2.24) is 10.2 Å². The number of nitrogens with zero attached hydrogens (tertiary/aromatic N) is 1. The van der Waals surface area contributed by atoms with Crippen LogP contribution in [0, 0.1) is 0 Å². The van der Waals surface area contributed by atoms with Crippen LogP contribution in [0.1, 0.15) is 38.2 Å². The maximum Gasteiger partial charge on any atom is 0.137 e. The van der Waals surface area contributed by atoms with E-state index in [9.17, 15) is 0 Å². The van der Waals surface area contributed by atoms with Gasteiger partial charge in [0.25, 0.3) is 0 Å². The zero-order valence-corrected chi connectivity index (χ0v) is 14.0. The lowest BCUT2D eigenvalue weighted by Gasteiger charge is -2.26. The third-order valence-electron chi connectivity index (χ3n) is 4.09. The Morgan fingerprint density at radius 3 is 2.90 bits per heavy atom. The van der Waals surface area contributed by atoms with Crippen molar-refractivity contribution >= 4 is 11.6 Å². The monoisotopic (exact) mass is 310 g/mol. The van der Waals surface area contributed by atoms with Crippen LogP contribution in [-0.2, 0) is 6.54 Å². The molecule has 0 radical (unpaired) electrons. The molecule has 1 N–H and O–H groups in total. The highest BCUT2D eigenvalue weighted by Crippen LogP contribution is 2.25. The minimum absolute atomic E-state index is 0.649. The van der Waals surface area contributed by atoms with E-state index in [1.165, 1.54) is 37.8 Å². The first kappa shape index (κ1) is 16.6. The summed E-state index contributed by atoms with van der Waals surface area (Å²) < 4.78 is 5.22. The van der Waals surface area contributed by atoms with Crippen LogP contribution in [0.2, 0.25) is 5.02 Å². The van der Waals surface area contributed by atoms with Crippen molar-refractivity contribution in [3.05, 3.63) is 28.8 Å². The molecule has 2 rings (SSSR count). The first-order chi connectivity index (χ1) is 10.2. The first-order valence-corrected chi connectivity index (χ1v) is 8.39. The molecule has 0 spiro atoms. The van der Waals surface area contributed by atoms with E-state index in [2.05, 4.69) is 23.2 Å². The molecule has 1 unspecified atom stereocenters. The molecule has 1 aliphatic rings. The molecule has 21 heavy (non-hydrogen) atoms. The summed E-state index contributed by atoms with van der Waals surface area (Å²) >= 11 is 6.23. The Morgan fingerprint density at radius 2 is 2.29 bits per heavy atom. The van der Waals surface area contributed by atoms with Crippen LogP contribution in [-0.4, -0.2) is 37.7 Å². The Hall–Kier alpha value is -0.770. The van der Waals surface area contributed by atoms with Gasteiger partial charge in [-0.3, -0.25) is 4.90 Å². The normalized spacial score (nSPS) is 18.4. The van der Waals surface area contributed by atoms with E-state index in [1.54, 1.807) is 7.11 Å². The molecule has 1 aliphatic heterocycles. The van der Waals surface area contributed by atoms with Gasteiger partial charge < -0.3 is 10.1 Å². The van der Waals surface area contributed by atoms with Gasteiger partial charge in [0.2, 0.25) is 0 Å². The van der Waals surface area contributed by atoms with Gasteiger partial charge in [-0.2, -0.15) is 0 Å². The average Bonchev–Trinajstić information content (AvgIpc) is 2.98. The minimum atomic E-state index is 0.649. The van der Waals surface area contributed by atoms with Crippen molar-refractivity contribution in [2.75, 3.05) is 26.7 Å². The molecule has 1 saturated heterocycles. The number of halogens is 1. The summed E-state index contributed by atoms with van der Waals surface area (Å²) in [5, 5.41) is 4.29. The molecule has 0 aromatic heterocycles. The SMILES string of the molecule is CCCCN(Cc1ccc(OC)c(Cl)c1)CC1CCCN1. The van der Waals surface area contributed by atoms with Crippen LogP contribution in [0.25, 0.3) is 0 Å². The van der Waals surface area contributed by atoms with E-state index >= 15 is 0 Å². The molecule has 1 fully saturated rings. The summed E-state index contributed by atoms with van der Waals surface area (Å²) in [7, 11) is 1.65. The smallest absolute Gasteiger partial charge is 0.137 e. The number of rotatable bonds is 8. The molecule has 0 aliphatic carbocycles. The maximum atomic E-state index is 6.23. The second-order valence-corrected chi connectivity index (χ2v) is 6.26. The van der Waals surface area contributed by atoms with Gasteiger partial charge in [-0.25, -0.2) is 0 Å². The molecule has 1 heterocycles. The minimum Gasteiger partial charge on any atom is -0.495 e. The Bertz CT molecular complexity index is 433. The third kappa shape index (κ3) is 5.17. The first-order valence-electron chi connectivity index (χ1n) is 8.01. The van der Waals surface area contributed by atoms with E-state index in [1.807, 2.05) is 12.1 Å². The molecule has 0 amide bonds. The van der Waals surface area contributed by atoms with Gasteiger partial charge in [0.05, 0.1) is 12.1 Å². The molecule has 4 heteroatoms. The highest BCUT2D eigenvalue weighted by Gasteiger charge is 2.18. The summed E-state index contributed by atoms with van der Waals surface area (Å²) in [5.41, 5.74) is 1.26. The Balaban J connectivity index is 1.97. The van der Waals surface area contributed by atoms with E-state index < -0.39 is 0 Å². The fraction of sp³-hybridized carbons (Fsp3) is 0.647. The number of ether oxygens (including phenoxy) is 1. The van der Waals surface area contributed by atoms with Gasteiger partial charge in [-0.05, 0) is 50.0 Å². The van der Waals surface area contributed by atoms with Crippen LogP contribution in [0.15, 0.2) is 18.2 Å². The van der Waals surface area contributed by atoms with Crippen molar-refractivity contribution in [3.8, 4) is 5.75 Å². The summed E-state index contributed by atoms with van der Waals surface area (Å²) in [6.45, 7) is 6.65. The van der Waals surface area contributed by atoms with Crippen LogP contribution in [0.4, 0.5) is 0 Å². The third-order valence-corrected chi connectivity index (χ3v) is 4.39. The molecular formula is C17H27ClN2O. The summed E-state index contributed by atoms with van der Waals surface area (Å²) in [6.07, 6.45) is 5.08. The van der Waals surface area contributed by atoms with Gasteiger partial charge in [-0.1, -0.05) is 31.0 Å². The van der Waals surface area contributed by atoms with E-state index in [-0.39, 0.29) is 0 Å². The average molecular weight is 311 g/mol. The highest BCUT2D eigenvalue weighted by atomic mass is 35.5. The zero-order valence-electron chi connectivity index (χ0n) is 13.2. The molecule has 0 saturated carbocycles. The topological polar surface area (TPSA) is 24.5 Å². The van der Waals surface area contributed by atoms with Crippen LogP contribution >= 0.6 is 11.6 Å². The van der Waals surface area contributed by atoms with Crippen LogP contribution < -0.4 is 10.1 Å². The summed E-state index contributed by atoms with van der Waals surface area (Å²) in [5.74, 6) is 0.748. The Labute approximate surface area is 133 Å². The lowest BCUT2D eigenvalue weighted by molar-refractivity contribution is 0.237. The number of methoxy groups -OCH3 is 1. The Kier molecular flexibility index (Phi) is 6.81. The van der Waals surface area contributed by atoms with Crippen molar-refractivity contribution in [2.45, 2.75) is 45.2 Å². The van der Waals surface area contributed by atoms with Crippen molar-refractivity contribution in [3.63, 3.8) is 0 Å². The maximum absolute atomic E-state index is 6.23. The Morgan fingerprint density at radius 1 is 1.43 bits per heavy atom. The van der Waals surface area contributed by atoms with Crippen LogP contribution in [0.3, 0.4) is 0 Å².